The molecule has 1 saturated heterocycles. The van der Waals surface area contributed by atoms with Crippen molar-refractivity contribution in [2.24, 2.45) is 11.7 Å². The van der Waals surface area contributed by atoms with Crippen molar-refractivity contribution in [1.29, 1.82) is 0 Å². The van der Waals surface area contributed by atoms with Gasteiger partial charge in [0.1, 0.15) is 0 Å². The summed E-state index contributed by atoms with van der Waals surface area (Å²) in [4.78, 5) is 5.52. The maximum absolute atomic E-state index is 6.12. The number of hydrogen-bond acceptors (Lipinski definition) is 3. The van der Waals surface area contributed by atoms with E-state index in [0.717, 1.165) is 18.5 Å². The lowest BCUT2D eigenvalue weighted by Crippen LogP contribution is -2.40. The van der Waals surface area contributed by atoms with Crippen LogP contribution < -0.4 is 5.73 Å². The molecule has 1 aromatic heterocycles. The van der Waals surface area contributed by atoms with Crippen molar-refractivity contribution in [3.8, 4) is 0 Å². The monoisotopic (exact) mass is 342 g/mol. The van der Waals surface area contributed by atoms with Gasteiger partial charge in [-0.1, -0.05) is 12.8 Å². The quantitative estimate of drug-likeness (QED) is 0.896. The highest BCUT2D eigenvalue weighted by Gasteiger charge is 2.39. The van der Waals surface area contributed by atoms with Crippen LogP contribution in [-0.2, 0) is 0 Å². The van der Waals surface area contributed by atoms with Gasteiger partial charge >= 0.3 is 0 Å². The van der Waals surface area contributed by atoms with Gasteiger partial charge in [-0.3, -0.25) is 4.90 Å². The van der Waals surface area contributed by atoms with Crippen molar-refractivity contribution < 1.29 is 0 Å². The number of halogens is 1. The van der Waals surface area contributed by atoms with Crippen LogP contribution in [-0.4, -0.2) is 24.0 Å². The normalized spacial score (nSPS) is 29.4. The molecule has 1 aromatic rings. The Bertz CT molecular complexity index is 426. The lowest BCUT2D eigenvalue weighted by Gasteiger charge is -2.36. The first-order chi connectivity index (χ1) is 9.20. The Kier molecular flexibility index (Phi) is 4.32. The van der Waals surface area contributed by atoms with E-state index in [1.807, 2.05) is 11.3 Å². The van der Waals surface area contributed by atoms with E-state index in [-0.39, 0.29) is 0 Å². The highest BCUT2D eigenvalue weighted by Crippen LogP contribution is 2.42. The predicted molar refractivity (Wildman–Crippen MR) is 85.6 cm³/mol. The van der Waals surface area contributed by atoms with Crippen molar-refractivity contribution >= 4 is 27.3 Å². The minimum atomic E-state index is 0.433. The molecule has 2 N–H and O–H groups in total. The summed E-state index contributed by atoms with van der Waals surface area (Å²) in [5.41, 5.74) is 6.12. The molecule has 0 amide bonds. The van der Waals surface area contributed by atoms with Crippen LogP contribution >= 0.6 is 27.3 Å². The van der Waals surface area contributed by atoms with Gasteiger partial charge < -0.3 is 5.73 Å². The average Bonchev–Trinajstić information content (AvgIpc) is 2.97. The zero-order valence-corrected chi connectivity index (χ0v) is 14.0. The lowest BCUT2D eigenvalue weighted by molar-refractivity contribution is 0.137. The summed E-state index contributed by atoms with van der Waals surface area (Å²) in [7, 11) is 0. The van der Waals surface area contributed by atoms with Gasteiger partial charge in [0.15, 0.2) is 0 Å². The van der Waals surface area contributed by atoms with Crippen molar-refractivity contribution in [3.63, 3.8) is 0 Å². The van der Waals surface area contributed by atoms with E-state index in [1.165, 1.54) is 52.9 Å². The molecule has 19 heavy (non-hydrogen) atoms. The minimum absolute atomic E-state index is 0.433. The Labute approximate surface area is 128 Å². The van der Waals surface area contributed by atoms with Gasteiger partial charge in [0, 0.05) is 26.8 Å². The van der Waals surface area contributed by atoms with Crippen LogP contribution in [0.5, 0.6) is 0 Å². The maximum Gasteiger partial charge on any atom is 0.0567 e. The van der Waals surface area contributed by atoms with Crippen LogP contribution in [0.1, 0.15) is 47.9 Å². The Balaban J connectivity index is 1.82. The molecule has 3 rings (SSSR count). The van der Waals surface area contributed by atoms with Crippen molar-refractivity contribution in [3.05, 3.63) is 20.3 Å². The fourth-order valence-electron chi connectivity index (χ4n) is 3.89. The Morgan fingerprint density at radius 2 is 2.21 bits per heavy atom. The molecule has 2 nitrogen and oxygen atoms in total. The first-order valence-electron chi connectivity index (χ1n) is 7.42. The van der Waals surface area contributed by atoms with Gasteiger partial charge in [0.2, 0.25) is 0 Å². The number of likely N-dealkylation sites (tertiary alicyclic amines) is 1. The van der Waals surface area contributed by atoms with Gasteiger partial charge in [0.25, 0.3) is 0 Å². The van der Waals surface area contributed by atoms with E-state index in [9.17, 15) is 0 Å². The third-order valence-corrected chi connectivity index (χ3v) is 7.12. The molecule has 2 fully saturated rings. The average molecular weight is 343 g/mol. The molecule has 0 radical (unpaired) electrons. The van der Waals surface area contributed by atoms with Gasteiger partial charge in [-0.15, -0.1) is 11.3 Å². The van der Waals surface area contributed by atoms with Crippen molar-refractivity contribution in [2.45, 2.75) is 51.1 Å². The topological polar surface area (TPSA) is 29.3 Å². The number of hydrogen-bond donors (Lipinski definition) is 1. The highest BCUT2D eigenvalue weighted by atomic mass is 79.9. The number of aryl methyl sites for hydroxylation is 1. The molecule has 3 unspecified atom stereocenters. The van der Waals surface area contributed by atoms with E-state index >= 15 is 0 Å². The first kappa shape index (κ1) is 14.1. The highest BCUT2D eigenvalue weighted by molar-refractivity contribution is 9.10. The number of nitrogens with zero attached hydrogens (tertiary/aromatic N) is 1. The third kappa shape index (κ3) is 2.65. The molecule has 4 heteroatoms. The van der Waals surface area contributed by atoms with Crippen molar-refractivity contribution in [1.82, 2.24) is 4.90 Å². The van der Waals surface area contributed by atoms with Crippen molar-refractivity contribution in [2.75, 3.05) is 13.1 Å². The molecule has 1 saturated carbocycles. The molecule has 106 valence electrons. The lowest BCUT2D eigenvalue weighted by atomic mass is 9.85. The fourth-order valence-corrected chi connectivity index (χ4v) is 5.59. The fraction of sp³-hybridized carbons (Fsp3) is 0.733. The van der Waals surface area contributed by atoms with Gasteiger partial charge in [-0.05, 0) is 60.6 Å². The third-order valence-electron chi connectivity index (χ3n) is 4.88. The van der Waals surface area contributed by atoms with Crippen LogP contribution in [0.15, 0.2) is 10.5 Å². The second-order valence-corrected chi connectivity index (χ2v) is 8.09. The number of thiophene rings is 1. The summed E-state index contributed by atoms with van der Waals surface area (Å²) >= 11 is 5.55. The molecular weight excluding hydrogens is 320 g/mol. The van der Waals surface area contributed by atoms with Crippen LogP contribution in [0.25, 0.3) is 0 Å². The molecular formula is C15H23BrN2S. The Morgan fingerprint density at radius 1 is 1.42 bits per heavy atom. The Morgan fingerprint density at radius 3 is 2.89 bits per heavy atom. The summed E-state index contributed by atoms with van der Waals surface area (Å²) in [6.07, 6.45) is 7.04. The predicted octanol–water partition coefficient (Wildman–Crippen LogP) is 4.08. The summed E-state index contributed by atoms with van der Waals surface area (Å²) in [5.74, 6) is 0.937. The maximum atomic E-state index is 6.12. The van der Waals surface area contributed by atoms with E-state index in [1.54, 1.807) is 0 Å². The molecule has 0 spiro atoms. The van der Waals surface area contributed by atoms with E-state index in [4.69, 9.17) is 5.73 Å². The summed E-state index contributed by atoms with van der Waals surface area (Å²) in [5, 5.41) is 0. The van der Waals surface area contributed by atoms with Crippen LogP contribution in [0, 0.1) is 12.8 Å². The second kappa shape index (κ2) is 5.84. The van der Waals surface area contributed by atoms with E-state index < -0.39 is 0 Å². The van der Waals surface area contributed by atoms with Crippen LogP contribution in [0.4, 0.5) is 0 Å². The smallest absolute Gasteiger partial charge is 0.0567 e. The summed E-state index contributed by atoms with van der Waals surface area (Å²) in [6, 6.07) is 3.51. The van der Waals surface area contributed by atoms with E-state index in [2.05, 4.69) is 33.8 Å². The zero-order chi connectivity index (χ0) is 13.4. The Hall–Kier alpha value is 0.100. The molecule has 0 aromatic carbocycles. The van der Waals surface area contributed by atoms with Crippen LogP contribution in [0.3, 0.4) is 0 Å². The molecule has 1 aliphatic heterocycles. The summed E-state index contributed by atoms with van der Waals surface area (Å²) in [6.45, 7) is 4.17. The van der Waals surface area contributed by atoms with Gasteiger partial charge in [0.05, 0.1) is 6.04 Å². The largest absolute Gasteiger partial charge is 0.329 e. The van der Waals surface area contributed by atoms with E-state index in [0.29, 0.717) is 6.04 Å². The zero-order valence-electron chi connectivity index (χ0n) is 11.6. The van der Waals surface area contributed by atoms with Gasteiger partial charge in [-0.25, -0.2) is 0 Å². The molecule has 0 bridgehead atoms. The number of nitrogens with two attached hydrogens (primary N) is 1. The minimum Gasteiger partial charge on any atom is -0.329 e. The van der Waals surface area contributed by atoms with Crippen LogP contribution in [0.2, 0.25) is 0 Å². The summed E-state index contributed by atoms with van der Waals surface area (Å²) < 4.78 is 1.24. The standard InChI is InChI=1S/C15H23BrN2S/c1-10-12(16)8-15(19-10)14(9-17)18-7-6-11-4-2-3-5-13(11)18/h8,11,13-14H,2-7,9,17H2,1H3. The number of fused-ring (bicyclic) bond motifs is 1. The molecule has 3 atom stereocenters. The SMILES string of the molecule is Cc1sc(C(CN)N2CCC3CCCCC32)cc1Br. The second-order valence-electron chi connectivity index (χ2n) is 5.94. The number of rotatable bonds is 3. The first-order valence-corrected chi connectivity index (χ1v) is 9.03. The molecule has 2 aliphatic rings. The molecule has 1 aliphatic carbocycles. The molecule has 2 heterocycles. The van der Waals surface area contributed by atoms with Gasteiger partial charge in [-0.2, -0.15) is 0 Å².